The van der Waals surface area contributed by atoms with Gasteiger partial charge in [-0.2, -0.15) is 0 Å². The normalized spacial score (nSPS) is 11.6. The molecule has 0 aromatic heterocycles. The highest BCUT2D eigenvalue weighted by molar-refractivity contribution is 9.27. The van der Waals surface area contributed by atoms with E-state index in [1.807, 2.05) is 0 Å². The lowest BCUT2D eigenvalue weighted by Gasteiger charge is -2.08. The highest BCUT2D eigenvalue weighted by Gasteiger charge is 2.23. The van der Waals surface area contributed by atoms with Crippen LogP contribution in [0.3, 0.4) is 0 Å². The molecule has 0 fully saturated rings. The van der Waals surface area contributed by atoms with E-state index in [4.69, 9.17) is 9.84 Å². The van der Waals surface area contributed by atoms with Crippen LogP contribution in [0.1, 0.15) is 10.4 Å². The summed E-state index contributed by atoms with van der Waals surface area (Å²) < 4.78 is 28.0. The first kappa shape index (κ1) is 18.6. The molecule has 2 N–H and O–H groups in total. The molecule has 6 nitrogen and oxygen atoms in total. The molecule has 0 atom stereocenters. The number of rotatable bonds is 8. The van der Waals surface area contributed by atoms with Crippen LogP contribution in [-0.2, 0) is 14.6 Å². The van der Waals surface area contributed by atoms with Crippen LogP contribution in [0.4, 0.5) is 0 Å². The average Bonchev–Trinajstić information content (AvgIpc) is 2.46. The number of aliphatic hydroxyl groups is 1. The van der Waals surface area contributed by atoms with Crippen molar-refractivity contribution in [2.75, 3.05) is 26.4 Å². The summed E-state index contributed by atoms with van der Waals surface area (Å²) in [4.78, 5) is 11.9. The van der Waals surface area contributed by atoms with Crippen LogP contribution in [-0.4, -0.2) is 48.9 Å². The summed E-state index contributed by atoms with van der Waals surface area (Å²) in [7, 11) is -3.56. The van der Waals surface area contributed by atoms with E-state index in [0.29, 0.717) is 0 Å². The van der Waals surface area contributed by atoms with Crippen LogP contribution in [0.25, 0.3) is 0 Å². The van der Waals surface area contributed by atoms with Crippen molar-refractivity contribution in [3.8, 4) is 0 Å². The summed E-state index contributed by atoms with van der Waals surface area (Å²) in [6.07, 6.45) is 0. The van der Waals surface area contributed by atoms with Gasteiger partial charge in [0.2, 0.25) is 9.84 Å². The van der Waals surface area contributed by atoms with E-state index in [1.165, 1.54) is 24.3 Å². The quantitative estimate of drug-likeness (QED) is 0.465. The Morgan fingerprint density at radius 2 is 2.05 bits per heavy atom. The number of hydrogen-bond acceptors (Lipinski definition) is 5. The van der Waals surface area contributed by atoms with Crippen LogP contribution in [0.5, 0.6) is 0 Å². The molecule has 9 heteroatoms. The first-order chi connectivity index (χ1) is 9.89. The first-order valence-corrected chi connectivity index (χ1v) is 9.36. The third-order valence-corrected chi connectivity index (χ3v) is 6.76. The van der Waals surface area contributed by atoms with Gasteiger partial charge >= 0.3 is 0 Å². The van der Waals surface area contributed by atoms with E-state index >= 15 is 0 Å². The summed E-state index contributed by atoms with van der Waals surface area (Å²) >= 11 is 5.90. The highest BCUT2D eigenvalue weighted by atomic mass is 79.9. The molecule has 0 bridgehead atoms. The number of alkyl halides is 2. The minimum atomic E-state index is -3.56. The molecule has 118 valence electrons. The summed E-state index contributed by atoms with van der Waals surface area (Å²) in [5.74, 6) is -0.389. The predicted octanol–water partition coefficient (Wildman–Crippen LogP) is 1.27. The molecule has 0 unspecified atom stereocenters. The molecule has 1 aromatic carbocycles. The van der Waals surface area contributed by atoms with Gasteiger partial charge in [0.25, 0.3) is 5.91 Å². The van der Waals surface area contributed by atoms with E-state index in [-0.39, 0.29) is 42.7 Å². The van der Waals surface area contributed by atoms with Gasteiger partial charge < -0.3 is 15.2 Å². The van der Waals surface area contributed by atoms with E-state index in [0.717, 1.165) is 0 Å². The van der Waals surface area contributed by atoms with E-state index in [9.17, 15) is 13.2 Å². The smallest absolute Gasteiger partial charge is 0.251 e. The number of hydrogen-bond donors (Lipinski definition) is 2. The number of nitrogens with one attached hydrogen (secondary N) is 1. The van der Waals surface area contributed by atoms with Crippen molar-refractivity contribution < 1.29 is 23.1 Å². The third kappa shape index (κ3) is 5.67. The predicted molar refractivity (Wildman–Crippen MR) is 85.5 cm³/mol. The Morgan fingerprint density at radius 1 is 1.33 bits per heavy atom. The van der Waals surface area contributed by atoms with Crippen LogP contribution < -0.4 is 5.32 Å². The first-order valence-electron chi connectivity index (χ1n) is 5.98. The fraction of sp³-hybridized carbons (Fsp3) is 0.417. The van der Waals surface area contributed by atoms with E-state index < -0.39 is 12.9 Å². The number of aliphatic hydroxyl groups excluding tert-OH is 1. The van der Waals surface area contributed by atoms with Crippen LogP contribution >= 0.6 is 31.9 Å². The zero-order valence-electron chi connectivity index (χ0n) is 11.0. The number of benzene rings is 1. The largest absolute Gasteiger partial charge is 0.394 e. The molecule has 0 radical (unpaired) electrons. The van der Waals surface area contributed by atoms with Gasteiger partial charge in [-0.25, -0.2) is 8.42 Å². The second-order valence-electron chi connectivity index (χ2n) is 3.93. The monoisotopic (exact) mass is 443 g/mol. The van der Waals surface area contributed by atoms with Crippen molar-refractivity contribution in [1.82, 2.24) is 5.32 Å². The number of sulfone groups is 1. The van der Waals surface area contributed by atoms with Crippen molar-refractivity contribution in [1.29, 1.82) is 0 Å². The van der Waals surface area contributed by atoms with Gasteiger partial charge in [-0.05, 0) is 18.2 Å². The molecule has 1 aromatic rings. The third-order valence-electron chi connectivity index (χ3n) is 2.43. The molecule has 0 aliphatic rings. The summed E-state index contributed by atoms with van der Waals surface area (Å²) in [5, 5.41) is 11.1. The zero-order valence-corrected chi connectivity index (χ0v) is 14.9. The Balaban J connectivity index is 2.70. The molecule has 0 aliphatic heterocycles. The number of carbonyl (C=O) groups is 1. The molecule has 1 amide bonds. The molecular weight excluding hydrogens is 430 g/mol. The van der Waals surface area contributed by atoms with Crippen molar-refractivity contribution in [2.45, 2.75) is 7.96 Å². The van der Waals surface area contributed by atoms with Gasteiger partial charge in [-0.1, -0.05) is 37.9 Å². The minimum absolute atomic E-state index is 0.0467. The standard InChI is InChI=1S/C12H15Br2NO5S/c13-12(14)21(18,19)10-3-1-2-9(8-10)11(17)15-4-6-20-7-5-16/h1-3,8,12,16H,4-7H2,(H,15,17). The second-order valence-corrected chi connectivity index (χ2v) is 10.2. The average molecular weight is 445 g/mol. The number of halogens is 2. The van der Waals surface area contributed by atoms with Crippen LogP contribution in [0.2, 0.25) is 0 Å². The fourth-order valence-electron chi connectivity index (χ4n) is 1.42. The van der Waals surface area contributed by atoms with Gasteiger partial charge in [-0.3, -0.25) is 4.79 Å². The van der Waals surface area contributed by atoms with E-state index in [2.05, 4.69) is 37.2 Å². The molecule has 0 heterocycles. The summed E-state index contributed by atoms with van der Waals surface area (Å²) in [6.45, 7) is 0.681. The van der Waals surface area contributed by atoms with Crippen molar-refractivity contribution in [3.63, 3.8) is 0 Å². The summed E-state index contributed by atoms with van der Waals surface area (Å²) in [5.41, 5.74) is 0.249. The fourth-order valence-corrected chi connectivity index (χ4v) is 3.48. The lowest BCUT2D eigenvalue weighted by atomic mass is 10.2. The molecule has 1 rings (SSSR count). The SMILES string of the molecule is O=C(NCCOCCO)c1cccc(S(=O)(=O)C(Br)Br)c1. The maximum atomic E-state index is 12.0. The molecular formula is C12H15Br2NO5S. The van der Waals surface area contributed by atoms with Gasteiger partial charge in [0.05, 0.1) is 24.7 Å². The van der Waals surface area contributed by atoms with Crippen molar-refractivity contribution in [2.24, 2.45) is 0 Å². The van der Waals surface area contributed by atoms with Gasteiger partial charge in [0.1, 0.15) is 0 Å². The van der Waals surface area contributed by atoms with Crippen LogP contribution in [0, 0.1) is 0 Å². The maximum Gasteiger partial charge on any atom is 0.251 e. The van der Waals surface area contributed by atoms with Gasteiger partial charge in [-0.15, -0.1) is 0 Å². The Kier molecular flexibility index (Phi) is 7.82. The maximum absolute atomic E-state index is 12.0. The Morgan fingerprint density at radius 3 is 2.67 bits per heavy atom. The Bertz CT molecular complexity index is 577. The van der Waals surface area contributed by atoms with Gasteiger partial charge in [0, 0.05) is 12.1 Å². The molecule has 0 aliphatic carbocycles. The molecule has 0 saturated heterocycles. The Hall–Kier alpha value is -0.480. The van der Waals surface area contributed by atoms with Crippen molar-refractivity contribution >= 4 is 47.6 Å². The highest BCUT2D eigenvalue weighted by Crippen LogP contribution is 2.25. The molecule has 21 heavy (non-hydrogen) atoms. The number of carbonyl (C=O) groups excluding carboxylic acids is 1. The topological polar surface area (TPSA) is 92.7 Å². The molecule has 0 saturated carbocycles. The number of amides is 1. The lowest BCUT2D eigenvalue weighted by Crippen LogP contribution is -2.27. The Labute approximate surface area is 140 Å². The zero-order chi connectivity index (χ0) is 15.9. The molecule has 0 spiro atoms. The summed E-state index contributed by atoms with van der Waals surface area (Å²) in [6, 6.07) is 5.77. The minimum Gasteiger partial charge on any atom is -0.394 e. The van der Waals surface area contributed by atoms with Crippen molar-refractivity contribution in [3.05, 3.63) is 29.8 Å². The lowest BCUT2D eigenvalue weighted by molar-refractivity contribution is 0.0838. The second kappa shape index (κ2) is 8.84. The number of ether oxygens (including phenoxy) is 1. The van der Waals surface area contributed by atoms with Gasteiger partial charge in [0.15, 0.2) is 3.07 Å². The van der Waals surface area contributed by atoms with E-state index in [1.54, 1.807) is 0 Å². The van der Waals surface area contributed by atoms with Crippen LogP contribution in [0.15, 0.2) is 29.2 Å².